The van der Waals surface area contributed by atoms with E-state index in [9.17, 15) is 43.8 Å². The van der Waals surface area contributed by atoms with Crippen molar-refractivity contribution in [3.63, 3.8) is 0 Å². The summed E-state index contributed by atoms with van der Waals surface area (Å²) < 4.78 is 11.6. The number of amides is 7. The second-order valence-electron chi connectivity index (χ2n) is 12.6. The van der Waals surface area contributed by atoms with Crippen LogP contribution < -0.4 is 30.9 Å². The molecule has 3 aromatic rings. The molecule has 1 heterocycles. The molecule has 17 nitrogen and oxygen atoms in total. The van der Waals surface area contributed by atoms with Crippen molar-refractivity contribution in [2.45, 2.75) is 43.8 Å². The Kier molecular flexibility index (Phi) is 13.3. The quantitative estimate of drug-likeness (QED) is 0.121. The number of rotatable bonds is 15. The summed E-state index contributed by atoms with van der Waals surface area (Å²) in [6, 6.07) is 15.2. The zero-order valence-corrected chi connectivity index (χ0v) is 31.9. The molecule has 0 radical (unpaired) electrons. The molecule has 3 atom stereocenters. The number of carboxylic acids is 1. The van der Waals surface area contributed by atoms with Gasteiger partial charge >= 0.3 is 18.1 Å². The number of carboxylic acid groups (broad SMARTS) is 1. The van der Waals surface area contributed by atoms with Crippen LogP contribution in [0.5, 0.6) is 5.75 Å². The molecule has 7 amide bonds. The highest BCUT2D eigenvalue weighted by Gasteiger charge is 2.36. The Morgan fingerprint density at radius 3 is 2.15 bits per heavy atom. The molecule has 0 spiro atoms. The van der Waals surface area contributed by atoms with Crippen LogP contribution in [0.25, 0.3) is 11.1 Å². The van der Waals surface area contributed by atoms with Crippen LogP contribution in [0.15, 0.2) is 66.7 Å². The Labute approximate surface area is 328 Å². The molecule has 1 aliphatic carbocycles. The molecule has 290 valence electrons. The van der Waals surface area contributed by atoms with Gasteiger partial charge in [-0.05, 0) is 70.0 Å². The highest BCUT2D eigenvalue weighted by atomic mass is 127. The van der Waals surface area contributed by atoms with E-state index in [4.69, 9.17) is 9.47 Å². The zero-order valence-electron chi connectivity index (χ0n) is 29.7. The molecule has 6 N–H and O–H groups in total. The molecule has 2 aliphatic rings. The van der Waals surface area contributed by atoms with Crippen LogP contribution in [0.4, 0.5) is 15.3 Å². The molecule has 1 saturated heterocycles. The fourth-order valence-corrected chi connectivity index (χ4v) is 6.73. The van der Waals surface area contributed by atoms with Gasteiger partial charge in [0.2, 0.25) is 23.6 Å². The first-order valence-corrected chi connectivity index (χ1v) is 18.2. The van der Waals surface area contributed by atoms with Crippen LogP contribution in [0, 0.1) is 3.57 Å². The summed E-state index contributed by atoms with van der Waals surface area (Å²) in [6.45, 7) is -0.245. The van der Waals surface area contributed by atoms with E-state index in [0.29, 0.717) is 11.4 Å². The number of nitrogens with one attached hydrogen (secondary N) is 4. The number of carbonyl (C=O) groups excluding carboxylic acids is 6. The molecule has 5 rings (SSSR count). The van der Waals surface area contributed by atoms with Gasteiger partial charge in [0, 0.05) is 22.5 Å². The Bertz CT molecular complexity index is 1950. The van der Waals surface area contributed by atoms with Gasteiger partial charge in [0.1, 0.15) is 37.2 Å². The van der Waals surface area contributed by atoms with Crippen molar-refractivity contribution in [1.29, 1.82) is 0 Å². The van der Waals surface area contributed by atoms with E-state index in [1.165, 1.54) is 18.9 Å². The number of aliphatic carboxylic acids is 1. The molecule has 0 bridgehead atoms. The molecule has 0 aromatic heterocycles. The number of methoxy groups -OCH3 is 1. The topological polar surface area (TPSA) is 233 Å². The highest BCUT2D eigenvalue weighted by molar-refractivity contribution is 14.1. The van der Waals surface area contributed by atoms with E-state index < -0.39 is 79.5 Å². The highest BCUT2D eigenvalue weighted by Crippen LogP contribution is 2.44. The molecule has 1 fully saturated rings. The third-order valence-electron chi connectivity index (χ3n) is 9.05. The van der Waals surface area contributed by atoms with Crippen LogP contribution in [-0.2, 0) is 28.7 Å². The number of aliphatic hydroxyl groups is 1. The number of benzene rings is 3. The molecule has 0 saturated carbocycles. The molecular weight excluding hydrogens is 831 g/mol. The van der Waals surface area contributed by atoms with Crippen molar-refractivity contribution in [1.82, 2.24) is 26.2 Å². The number of hydrogen-bond donors (Lipinski definition) is 6. The van der Waals surface area contributed by atoms with Gasteiger partial charge < -0.3 is 41.0 Å². The van der Waals surface area contributed by atoms with Crippen molar-refractivity contribution in [3.05, 3.63) is 81.4 Å². The number of ether oxygens (including phenoxy) is 2. The summed E-state index contributed by atoms with van der Waals surface area (Å²) in [5.74, 6) is -5.00. The molecular formula is C37H39IN6O11. The van der Waals surface area contributed by atoms with E-state index in [-0.39, 0.29) is 25.5 Å². The molecule has 3 unspecified atom stereocenters. The van der Waals surface area contributed by atoms with Gasteiger partial charge in [0.15, 0.2) is 0 Å². The molecule has 3 aromatic carbocycles. The number of hydrogen-bond acceptors (Lipinski definition) is 10. The van der Waals surface area contributed by atoms with Crippen molar-refractivity contribution in [2.75, 3.05) is 38.4 Å². The monoisotopic (exact) mass is 870 g/mol. The first-order valence-electron chi connectivity index (χ1n) is 17.1. The SMILES string of the molecule is COc1ccc(I)cc1N1CCC(=O)N(CNC(=O)C(CC(=O)O)NC(=O)C(CO)NC(=O)C(C)NC(=O)OCC2c3ccccc3-c3ccccc32)C1=O. The van der Waals surface area contributed by atoms with E-state index in [1.54, 1.807) is 18.2 Å². The van der Waals surface area contributed by atoms with Crippen LogP contribution in [0.1, 0.15) is 36.8 Å². The number of alkyl carbamates (subject to hydrolysis) is 1. The molecule has 1 aliphatic heterocycles. The van der Waals surface area contributed by atoms with Crippen LogP contribution >= 0.6 is 22.6 Å². The molecule has 55 heavy (non-hydrogen) atoms. The number of anilines is 1. The van der Waals surface area contributed by atoms with Gasteiger partial charge in [-0.3, -0.25) is 28.9 Å². The number of imide groups is 1. The van der Waals surface area contributed by atoms with Gasteiger partial charge in [-0.1, -0.05) is 48.5 Å². The Hall–Kier alpha value is -5.76. The second kappa shape index (κ2) is 18.0. The number of carbonyl (C=O) groups is 7. The maximum atomic E-state index is 13.3. The van der Waals surface area contributed by atoms with Crippen molar-refractivity contribution in [2.24, 2.45) is 0 Å². The number of urea groups is 1. The van der Waals surface area contributed by atoms with Gasteiger partial charge in [0.05, 0.1) is 25.8 Å². The third kappa shape index (κ3) is 9.49. The second-order valence-corrected chi connectivity index (χ2v) is 13.9. The van der Waals surface area contributed by atoms with E-state index >= 15 is 0 Å². The summed E-state index contributed by atoms with van der Waals surface area (Å²) in [7, 11) is 1.43. The fraction of sp³-hybridized carbons (Fsp3) is 0.324. The average Bonchev–Trinajstić information content (AvgIpc) is 3.48. The average molecular weight is 871 g/mol. The number of aliphatic hydroxyl groups excluding tert-OH is 1. The summed E-state index contributed by atoms with van der Waals surface area (Å²) in [5, 5.41) is 28.5. The number of fused-ring (bicyclic) bond motifs is 3. The van der Waals surface area contributed by atoms with E-state index in [1.807, 2.05) is 48.5 Å². The summed E-state index contributed by atoms with van der Waals surface area (Å²) in [4.78, 5) is 91.6. The smallest absolute Gasteiger partial charge is 0.407 e. The first-order chi connectivity index (χ1) is 26.3. The predicted octanol–water partition coefficient (Wildman–Crippen LogP) is 1.90. The van der Waals surface area contributed by atoms with Gasteiger partial charge in [-0.25, -0.2) is 14.5 Å². The van der Waals surface area contributed by atoms with E-state index in [0.717, 1.165) is 30.7 Å². The normalized spacial score (nSPS) is 15.2. The van der Waals surface area contributed by atoms with Gasteiger partial charge in [-0.2, -0.15) is 0 Å². The first kappa shape index (κ1) is 40.4. The lowest BCUT2D eigenvalue weighted by atomic mass is 9.98. The van der Waals surface area contributed by atoms with Gasteiger partial charge in [0.25, 0.3) is 0 Å². The Balaban J connectivity index is 1.14. The van der Waals surface area contributed by atoms with Crippen LogP contribution in [0.2, 0.25) is 0 Å². The maximum absolute atomic E-state index is 13.3. The minimum absolute atomic E-state index is 0.0115. The lowest BCUT2D eigenvalue weighted by molar-refractivity contribution is -0.141. The summed E-state index contributed by atoms with van der Waals surface area (Å²) >= 11 is 2.06. The summed E-state index contributed by atoms with van der Waals surface area (Å²) in [6.07, 6.45) is -1.91. The standard InChI is InChI=1S/C37H39IN6O11/c1-20(40-36(52)55-18-26-24-9-5-3-7-22(24)23-8-4-6-10-25(23)26)33(49)42-28(17-45)35(51)41-27(16-32(47)48)34(50)39-19-44-31(46)13-14-43(37(44)53)29-15-21(38)11-12-30(29)54-2/h3-12,15,20,26-28,45H,13-14,16-19H2,1-2H3,(H,39,50)(H,40,52)(H,41,51)(H,42,49)(H,47,48). The fourth-order valence-electron chi connectivity index (χ4n) is 6.25. The number of halogens is 1. The van der Waals surface area contributed by atoms with Crippen LogP contribution in [0.3, 0.4) is 0 Å². The maximum Gasteiger partial charge on any atom is 0.407 e. The van der Waals surface area contributed by atoms with Crippen molar-refractivity contribution >= 4 is 70.0 Å². The van der Waals surface area contributed by atoms with Crippen LogP contribution in [-0.4, -0.2) is 108 Å². The largest absolute Gasteiger partial charge is 0.495 e. The lowest BCUT2D eigenvalue weighted by Crippen LogP contribution is -2.59. The molecule has 18 heteroatoms. The lowest BCUT2D eigenvalue weighted by Gasteiger charge is -2.35. The van der Waals surface area contributed by atoms with Gasteiger partial charge in [-0.15, -0.1) is 0 Å². The Morgan fingerprint density at radius 2 is 1.53 bits per heavy atom. The third-order valence-corrected chi connectivity index (χ3v) is 9.72. The Morgan fingerprint density at radius 1 is 0.891 bits per heavy atom. The summed E-state index contributed by atoms with van der Waals surface area (Å²) in [5.41, 5.74) is 4.46. The predicted molar refractivity (Wildman–Crippen MR) is 204 cm³/mol. The zero-order chi connectivity index (χ0) is 39.8. The minimum Gasteiger partial charge on any atom is -0.495 e. The van der Waals surface area contributed by atoms with Crippen molar-refractivity contribution < 1.29 is 53.2 Å². The van der Waals surface area contributed by atoms with E-state index in [2.05, 4.69) is 43.9 Å². The minimum atomic E-state index is -1.74. The van der Waals surface area contributed by atoms with Crippen molar-refractivity contribution in [3.8, 4) is 16.9 Å². The number of nitrogens with zero attached hydrogens (tertiary/aromatic N) is 2.